The van der Waals surface area contributed by atoms with Gasteiger partial charge in [-0.15, -0.1) is 0 Å². The predicted octanol–water partition coefficient (Wildman–Crippen LogP) is 10.2. The first-order valence-electron chi connectivity index (χ1n) is 14.6. The van der Waals surface area contributed by atoms with Gasteiger partial charge in [0, 0.05) is 30.7 Å². The van der Waals surface area contributed by atoms with Crippen molar-refractivity contribution in [1.29, 1.82) is 0 Å². The minimum Gasteiger partial charge on any atom is -0.455 e. The number of benzene rings is 4. The largest absolute Gasteiger partial charge is 0.455 e. The van der Waals surface area contributed by atoms with Gasteiger partial charge in [0.1, 0.15) is 11.2 Å². The summed E-state index contributed by atoms with van der Waals surface area (Å²) in [4.78, 5) is 4.74. The van der Waals surface area contributed by atoms with Crippen molar-refractivity contribution >= 4 is 21.9 Å². The molecular weight excluding hydrogens is 474 g/mol. The van der Waals surface area contributed by atoms with Crippen LogP contribution in [0.2, 0.25) is 0 Å². The first-order valence-corrected chi connectivity index (χ1v) is 13.6. The minimum absolute atomic E-state index is 0.0835. The maximum Gasteiger partial charge on any atom is 0.144 e. The maximum absolute atomic E-state index is 8.61. The lowest BCUT2D eigenvalue weighted by atomic mass is 9.82. The predicted molar refractivity (Wildman–Crippen MR) is 163 cm³/mol. The van der Waals surface area contributed by atoms with Crippen molar-refractivity contribution in [2.24, 2.45) is 5.41 Å². The Kier molecular flexibility index (Phi) is 4.69. The summed E-state index contributed by atoms with van der Waals surface area (Å²) < 4.78 is 23.8. The van der Waals surface area contributed by atoms with Gasteiger partial charge in [-0.25, -0.2) is 0 Å². The van der Waals surface area contributed by atoms with E-state index in [9.17, 15) is 0 Å². The fraction of sp³-hybridized carbons (Fsp3) is 0.216. The molecule has 1 aliphatic rings. The second-order valence-electron chi connectivity index (χ2n) is 12.2. The van der Waals surface area contributed by atoms with Crippen LogP contribution in [0.25, 0.3) is 55.4 Å². The molecule has 2 aromatic heterocycles. The minimum atomic E-state index is -1.43. The molecule has 0 fully saturated rings. The quantitative estimate of drug-likeness (QED) is 0.237. The molecule has 6 aromatic rings. The van der Waals surface area contributed by atoms with Gasteiger partial charge in [0.25, 0.3) is 0 Å². The lowest BCUT2D eigenvalue weighted by Gasteiger charge is -2.21. The van der Waals surface area contributed by atoms with Gasteiger partial charge >= 0.3 is 0 Å². The highest BCUT2D eigenvalue weighted by Gasteiger charge is 2.36. The lowest BCUT2D eigenvalue weighted by Crippen LogP contribution is -2.14. The van der Waals surface area contributed by atoms with Gasteiger partial charge in [-0.1, -0.05) is 95.3 Å². The molecule has 2 nitrogen and oxygen atoms in total. The molecule has 0 N–H and O–H groups in total. The van der Waals surface area contributed by atoms with E-state index in [0.29, 0.717) is 5.56 Å². The molecule has 0 unspecified atom stereocenters. The summed E-state index contributed by atoms with van der Waals surface area (Å²) in [5.74, 6) is 0. The van der Waals surface area contributed by atoms with E-state index >= 15 is 0 Å². The van der Waals surface area contributed by atoms with Crippen molar-refractivity contribution in [3.8, 4) is 33.5 Å². The summed E-state index contributed by atoms with van der Waals surface area (Å²) in [6, 6.07) is 31.4. The topological polar surface area (TPSA) is 26.0 Å². The van der Waals surface area contributed by atoms with Crippen molar-refractivity contribution in [3.05, 3.63) is 114 Å². The van der Waals surface area contributed by atoms with Crippen LogP contribution in [0.15, 0.2) is 102 Å². The number of hydrogen-bond donors (Lipinski definition) is 0. The Hall–Kier alpha value is -4.17. The van der Waals surface area contributed by atoms with Gasteiger partial charge in [0.15, 0.2) is 0 Å². The molecule has 0 amide bonds. The van der Waals surface area contributed by atoms with Crippen molar-refractivity contribution < 1.29 is 7.16 Å². The molecule has 2 heterocycles. The van der Waals surface area contributed by atoms with E-state index < -0.39 is 11.8 Å². The average molecular weight is 510 g/mol. The number of rotatable bonds is 3. The second kappa shape index (κ2) is 8.41. The molecule has 0 spiro atoms. The normalized spacial score (nSPS) is 15.2. The van der Waals surface area contributed by atoms with E-state index in [1.165, 1.54) is 22.3 Å². The molecule has 4 aromatic carbocycles. The third kappa shape index (κ3) is 3.89. The molecule has 192 valence electrons. The van der Waals surface area contributed by atoms with Crippen LogP contribution in [0.3, 0.4) is 0 Å². The van der Waals surface area contributed by atoms with Crippen LogP contribution in [0.1, 0.15) is 54.1 Å². The fourth-order valence-electron chi connectivity index (χ4n) is 6.13. The van der Waals surface area contributed by atoms with Crippen LogP contribution in [0.5, 0.6) is 0 Å². The second-order valence-corrected chi connectivity index (χ2v) is 12.2. The van der Waals surface area contributed by atoms with Crippen LogP contribution in [0.4, 0.5) is 0 Å². The Labute approximate surface area is 233 Å². The highest BCUT2D eigenvalue weighted by Crippen LogP contribution is 2.51. The summed E-state index contributed by atoms with van der Waals surface area (Å²) in [7, 11) is 0. The van der Waals surface area contributed by atoms with Gasteiger partial charge in [-0.3, -0.25) is 4.98 Å². The summed E-state index contributed by atoms with van der Waals surface area (Å²) in [6.07, 6.45) is 0.409. The van der Waals surface area contributed by atoms with E-state index in [0.717, 1.165) is 44.3 Å². The van der Waals surface area contributed by atoms with Gasteiger partial charge in [-0.2, -0.15) is 0 Å². The smallest absolute Gasteiger partial charge is 0.144 e. The van der Waals surface area contributed by atoms with Crippen molar-refractivity contribution in [3.63, 3.8) is 0 Å². The van der Waals surface area contributed by atoms with Crippen LogP contribution >= 0.6 is 0 Å². The highest BCUT2D eigenvalue weighted by atomic mass is 16.3. The first-order chi connectivity index (χ1) is 19.5. The Balaban J connectivity index is 1.32. The molecular formula is C37H33NO. The molecule has 39 heavy (non-hydrogen) atoms. The molecule has 7 rings (SSSR count). The maximum atomic E-state index is 8.61. The highest BCUT2D eigenvalue weighted by molar-refractivity contribution is 6.11. The van der Waals surface area contributed by atoms with Gasteiger partial charge in [0.05, 0.1) is 5.69 Å². The standard InChI is InChI=1S/C37H33NO/c1-36(2,3)22-23-13-15-24(16-14-23)25-17-18-38-33(19-25)28-11-8-10-27-30-20-29-26-9-6-7-12-31(26)37(4,5)32(29)21-34(30)39-35(27)28/h6-21H,22H2,1-5H3/i22D2. The Morgan fingerprint density at radius 3 is 2.31 bits per heavy atom. The Morgan fingerprint density at radius 2 is 1.51 bits per heavy atom. The summed E-state index contributed by atoms with van der Waals surface area (Å²) in [6.45, 7) is 10.4. The van der Waals surface area contributed by atoms with E-state index in [4.69, 9.17) is 12.1 Å². The fourth-order valence-corrected chi connectivity index (χ4v) is 6.13. The van der Waals surface area contributed by atoms with Crippen LogP contribution in [0, 0.1) is 5.41 Å². The van der Waals surface area contributed by atoms with E-state index in [1.54, 1.807) is 0 Å². The number of fused-ring (bicyclic) bond motifs is 6. The average Bonchev–Trinajstić information content (AvgIpc) is 3.43. The molecule has 0 radical (unpaired) electrons. The van der Waals surface area contributed by atoms with Gasteiger partial charge in [-0.05, 0) is 81.1 Å². The summed E-state index contributed by atoms with van der Waals surface area (Å²) in [5.41, 5.74) is 10.9. The van der Waals surface area contributed by atoms with Gasteiger partial charge in [0.2, 0.25) is 0 Å². The molecule has 0 bridgehead atoms. The first kappa shape index (κ1) is 21.7. The SMILES string of the molecule is [2H]C([2H])(c1ccc(-c2ccnc(-c3cccc4c3oc3cc5c(cc34)-c3ccccc3C5(C)C)c2)cc1)C(C)(C)C. The van der Waals surface area contributed by atoms with E-state index in [2.05, 4.69) is 74.5 Å². The number of hydrogen-bond acceptors (Lipinski definition) is 2. The van der Waals surface area contributed by atoms with Crippen LogP contribution in [-0.4, -0.2) is 4.98 Å². The molecule has 0 atom stereocenters. The molecule has 0 saturated heterocycles. The zero-order valence-corrected chi connectivity index (χ0v) is 23.1. The molecule has 2 heteroatoms. The lowest BCUT2D eigenvalue weighted by molar-refractivity contribution is 0.411. The molecule has 0 aliphatic heterocycles. The third-order valence-corrected chi connectivity index (χ3v) is 7.97. The Morgan fingerprint density at radius 1 is 0.744 bits per heavy atom. The molecule has 1 aliphatic carbocycles. The van der Waals surface area contributed by atoms with E-state index in [1.807, 2.05) is 57.3 Å². The third-order valence-electron chi connectivity index (χ3n) is 7.97. The number of furan rings is 1. The zero-order valence-electron chi connectivity index (χ0n) is 25.1. The van der Waals surface area contributed by atoms with Crippen LogP contribution in [-0.2, 0) is 11.8 Å². The summed E-state index contributed by atoms with van der Waals surface area (Å²) in [5, 5.41) is 2.21. The van der Waals surface area contributed by atoms with Crippen molar-refractivity contribution in [2.75, 3.05) is 0 Å². The number of para-hydroxylation sites is 1. The van der Waals surface area contributed by atoms with Gasteiger partial charge < -0.3 is 4.42 Å². The van der Waals surface area contributed by atoms with Crippen molar-refractivity contribution in [1.82, 2.24) is 4.98 Å². The van der Waals surface area contributed by atoms with E-state index in [-0.39, 0.29) is 5.41 Å². The zero-order chi connectivity index (χ0) is 28.7. The van der Waals surface area contributed by atoms with Crippen LogP contribution < -0.4 is 0 Å². The Bertz CT molecular complexity index is 1970. The number of aromatic nitrogens is 1. The summed E-state index contributed by atoms with van der Waals surface area (Å²) >= 11 is 0. The van der Waals surface area contributed by atoms with Crippen molar-refractivity contribution in [2.45, 2.75) is 46.4 Å². The monoisotopic (exact) mass is 509 g/mol. The molecule has 0 saturated carbocycles. The number of nitrogens with zero attached hydrogens (tertiary/aromatic N) is 1. The number of pyridine rings is 1.